The lowest BCUT2D eigenvalue weighted by molar-refractivity contribution is -0.118. The topological polar surface area (TPSA) is 92.3 Å². The van der Waals surface area contributed by atoms with E-state index in [0.29, 0.717) is 12.1 Å². The summed E-state index contributed by atoms with van der Waals surface area (Å²) >= 11 is 0.865. The lowest BCUT2D eigenvalue weighted by Crippen LogP contribution is -2.35. The summed E-state index contributed by atoms with van der Waals surface area (Å²) in [6.45, 7) is 5.35. The lowest BCUT2D eigenvalue weighted by atomic mass is 10.1. The number of rotatable bonds is 4. The first-order valence-electron chi connectivity index (χ1n) is 7.57. The van der Waals surface area contributed by atoms with Crippen LogP contribution in [0.5, 0.6) is 0 Å². The first-order valence-corrected chi connectivity index (χ1v) is 9.83. The van der Waals surface area contributed by atoms with Crippen molar-refractivity contribution < 1.29 is 13.2 Å². The Balaban J connectivity index is 1.92. The third-order valence-corrected chi connectivity index (χ3v) is 6.90. The minimum Gasteiger partial charge on any atom is -0.300 e. The average molecular weight is 366 g/mol. The summed E-state index contributed by atoms with van der Waals surface area (Å²) in [5.41, 5.74) is 1.67. The number of anilines is 2. The van der Waals surface area contributed by atoms with Crippen molar-refractivity contribution in [3.63, 3.8) is 0 Å². The lowest BCUT2D eigenvalue weighted by Gasteiger charge is -2.22. The molecule has 3 rings (SSSR count). The van der Waals surface area contributed by atoms with E-state index in [-0.39, 0.29) is 27.3 Å². The summed E-state index contributed by atoms with van der Waals surface area (Å²) in [6.07, 6.45) is 0.658. The van der Waals surface area contributed by atoms with Gasteiger partial charge >= 0.3 is 0 Å². The van der Waals surface area contributed by atoms with Gasteiger partial charge in [0.25, 0.3) is 14.4 Å². The van der Waals surface area contributed by atoms with E-state index in [2.05, 4.69) is 15.5 Å². The molecule has 7 nitrogen and oxygen atoms in total. The summed E-state index contributed by atoms with van der Waals surface area (Å²) < 4.78 is 27.2. The Hall–Kier alpha value is -2.00. The minimum atomic E-state index is -3.81. The van der Waals surface area contributed by atoms with E-state index < -0.39 is 10.0 Å². The Bertz CT molecular complexity index is 876. The van der Waals surface area contributed by atoms with E-state index in [1.807, 2.05) is 25.1 Å². The smallest absolute Gasteiger partial charge is 0.293 e. The normalized spacial score (nSPS) is 17.2. The predicted octanol–water partition coefficient (Wildman–Crippen LogP) is 2.27. The molecule has 0 fully saturated rings. The van der Waals surface area contributed by atoms with E-state index in [1.165, 1.54) is 4.31 Å². The zero-order valence-electron chi connectivity index (χ0n) is 13.6. The van der Waals surface area contributed by atoms with Gasteiger partial charge in [0.05, 0.1) is 5.69 Å². The second kappa shape index (κ2) is 6.14. The second-order valence-corrected chi connectivity index (χ2v) is 8.97. The molecule has 0 radical (unpaired) electrons. The Morgan fingerprint density at radius 3 is 2.75 bits per heavy atom. The molecule has 128 valence electrons. The van der Waals surface area contributed by atoms with E-state index >= 15 is 0 Å². The Labute approximate surface area is 144 Å². The molecule has 0 saturated heterocycles. The van der Waals surface area contributed by atoms with E-state index in [1.54, 1.807) is 19.9 Å². The SMILES string of the molecule is CC(C)C(=O)Nc1nnc(S(=O)(=O)N2c3ccccc3C[C@H]2C)s1. The predicted molar refractivity (Wildman–Crippen MR) is 92.6 cm³/mol. The molecule has 0 saturated carbocycles. The maximum Gasteiger partial charge on any atom is 0.293 e. The summed E-state index contributed by atoms with van der Waals surface area (Å²) in [5, 5.41) is 10.3. The van der Waals surface area contributed by atoms with Crippen LogP contribution in [0.2, 0.25) is 0 Å². The molecule has 9 heteroatoms. The van der Waals surface area contributed by atoms with Crippen LogP contribution in [-0.2, 0) is 21.2 Å². The standard InChI is InChI=1S/C15H18N4O3S2/c1-9(2)13(20)16-14-17-18-15(23-14)24(21,22)19-10(3)8-11-6-4-5-7-12(11)19/h4-7,9-10H,8H2,1-3H3,(H,16,17,20)/t10-/m1/s1. The summed E-state index contributed by atoms with van der Waals surface area (Å²) in [4.78, 5) is 11.7. The Morgan fingerprint density at radius 2 is 2.04 bits per heavy atom. The number of sulfonamides is 1. The molecular weight excluding hydrogens is 348 g/mol. The van der Waals surface area contributed by atoms with Crippen molar-refractivity contribution in [2.75, 3.05) is 9.62 Å². The van der Waals surface area contributed by atoms with Crippen LogP contribution >= 0.6 is 11.3 Å². The van der Waals surface area contributed by atoms with Gasteiger partial charge in [-0.3, -0.25) is 9.10 Å². The van der Waals surface area contributed by atoms with Gasteiger partial charge in [-0.05, 0) is 25.0 Å². The fourth-order valence-electron chi connectivity index (χ4n) is 2.60. The van der Waals surface area contributed by atoms with E-state index in [4.69, 9.17) is 0 Å². The molecule has 24 heavy (non-hydrogen) atoms. The molecule has 2 heterocycles. The molecule has 0 aliphatic carbocycles. The fourth-order valence-corrected chi connectivity index (χ4v) is 5.28. The highest BCUT2D eigenvalue weighted by molar-refractivity contribution is 7.94. The van der Waals surface area contributed by atoms with Crippen molar-refractivity contribution in [1.82, 2.24) is 10.2 Å². The van der Waals surface area contributed by atoms with Gasteiger partial charge in [0.1, 0.15) is 0 Å². The van der Waals surface area contributed by atoms with Crippen LogP contribution in [0.25, 0.3) is 0 Å². The second-order valence-electron chi connectivity index (χ2n) is 6.00. The highest BCUT2D eigenvalue weighted by Crippen LogP contribution is 2.37. The van der Waals surface area contributed by atoms with Crippen LogP contribution in [0.4, 0.5) is 10.8 Å². The Kier molecular flexibility index (Phi) is 4.31. The molecule has 1 aliphatic heterocycles. The first-order chi connectivity index (χ1) is 11.3. The number of carbonyl (C=O) groups is 1. The van der Waals surface area contributed by atoms with Gasteiger partial charge in [-0.1, -0.05) is 43.4 Å². The third-order valence-electron chi connectivity index (χ3n) is 3.79. The zero-order chi connectivity index (χ0) is 17.5. The van der Waals surface area contributed by atoms with Crippen molar-refractivity contribution >= 4 is 38.1 Å². The number of fused-ring (bicyclic) bond motifs is 1. The molecule has 1 amide bonds. The molecule has 0 bridgehead atoms. The van der Waals surface area contributed by atoms with Gasteiger partial charge in [0, 0.05) is 12.0 Å². The van der Waals surface area contributed by atoms with Crippen molar-refractivity contribution in [3.05, 3.63) is 29.8 Å². The number of nitrogens with one attached hydrogen (secondary N) is 1. The van der Waals surface area contributed by atoms with Gasteiger partial charge in [-0.2, -0.15) is 8.42 Å². The van der Waals surface area contributed by atoms with Gasteiger partial charge < -0.3 is 5.32 Å². The highest BCUT2D eigenvalue weighted by Gasteiger charge is 2.38. The summed E-state index contributed by atoms with van der Waals surface area (Å²) in [7, 11) is -3.81. The van der Waals surface area contributed by atoms with Crippen molar-refractivity contribution in [2.45, 2.75) is 37.6 Å². The molecule has 1 aliphatic rings. The van der Waals surface area contributed by atoms with Gasteiger partial charge in [-0.25, -0.2) is 0 Å². The van der Waals surface area contributed by atoms with E-state index in [0.717, 1.165) is 16.9 Å². The minimum absolute atomic E-state index is 0.120. The van der Waals surface area contributed by atoms with Crippen molar-refractivity contribution in [3.8, 4) is 0 Å². The number of amides is 1. The molecule has 1 aromatic carbocycles. The van der Waals surface area contributed by atoms with Crippen LogP contribution in [-0.4, -0.2) is 30.6 Å². The molecule has 1 N–H and O–H groups in total. The number of benzene rings is 1. The number of hydrogen-bond donors (Lipinski definition) is 1. The van der Waals surface area contributed by atoms with Gasteiger partial charge in [0.15, 0.2) is 0 Å². The van der Waals surface area contributed by atoms with Crippen molar-refractivity contribution in [2.24, 2.45) is 5.92 Å². The largest absolute Gasteiger partial charge is 0.300 e. The maximum absolute atomic E-state index is 13.0. The number of nitrogens with zero attached hydrogens (tertiary/aromatic N) is 3. The number of aromatic nitrogens is 2. The maximum atomic E-state index is 13.0. The van der Waals surface area contributed by atoms with E-state index in [9.17, 15) is 13.2 Å². The molecule has 1 aromatic heterocycles. The monoisotopic (exact) mass is 366 g/mol. The molecule has 1 atom stereocenters. The van der Waals surface area contributed by atoms with Gasteiger partial charge in [-0.15, -0.1) is 10.2 Å². The van der Waals surface area contributed by atoms with Crippen LogP contribution in [0.1, 0.15) is 26.3 Å². The quantitative estimate of drug-likeness (QED) is 0.838. The van der Waals surface area contributed by atoms with Crippen LogP contribution in [0, 0.1) is 5.92 Å². The number of hydrogen-bond acceptors (Lipinski definition) is 6. The van der Waals surface area contributed by atoms with Crippen molar-refractivity contribution in [1.29, 1.82) is 0 Å². The number of carbonyl (C=O) groups excluding carboxylic acids is 1. The summed E-state index contributed by atoms with van der Waals surface area (Å²) in [5.74, 6) is -0.450. The van der Waals surface area contributed by atoms with Crippen LogP contribution < -0.4 is 9.62 Å². The van der Waals surface area contributed by atoms with Gasteiger partial charge in [0.2, 0.25) is 11.0 Å². The average Bonchev–Trinajstić information content (AvgIpc) is 3.10. The zero-order valence-corrected chi connectivity index (χ0v) is 15.2. The molecule has 0 unspecified atom stereocenters. The first kappa shape index (κ1) is 16.8. The third kappa shape index (κ3) is 2.89. The fraction of sp³-hybridized carbons (Fsp3) is 0.400. The Morgan fingerprint density at radius 1 is 1.33 bits per heavy atom. The highest BCUT2D eigenvalue weighted by atomic mass is 32.2. The molecular formula is C15H18N4O3S2. The van der Waals surface area contributed by atoms with Crippen LogP contribution in [0.15, 0.2) is 28.6 Å². The summed E-state index contributed by atoms with van der Waals surface area (Å²) in [6, 6.07) is 7.24. The number of para-hydroxylation sites is 1. The van der Waals surface area contributed by atoms with Crippen LogP contribution in [0.3, 0.4) is 0 Å². The molecule has 2 aromatic rings. The molecule has 0 spiro atoms.